The number of rotatable bonds is 0. The predicted octanol–water partition coefficient (Wildman–Crippen LogP) is 3.29. The van der Waals surface area contributed by atoms with Gasteiger partial charge in [0.25, 0.3) is 0 Å². The van der Waals surface area contributed by atoms with Crippen LogP contribution in [0.5, 0.6) is 0 Å². The minimum absolute atomic E-state index is 0.666. The van der Waals surface area contributed by atoms with E-state index in [1.165, 1.54) is 0 Å². The van der Waals surface area contributed by atoms with Crippen LogP contribution in [0.1, 0.15) is 5.56 Å². The lowest BCUT2D eigenvalue weighted by Crippen LogP contribution is -1.70. The van der Waals surface area contributed by atoms with Gasteiger partial charge in [0.2, 0.25) is 0 Å². The van der Waals surface area contributed by atoms with Crippen LogP contribution < -0.4 is 0 Å². The van der Waals surface area contributed by atoms with Crippen molar-refractivity contribution in [2.75, 3.05) is 0 Å². The van der Waals surface area contributed by atoms with Gasteiger partial charge in [-0.2, -0.15) is 0 Å². The molecule has 1 aromatic carbocycles. The molecule has 2 heteroatoms. The first-order valence-corrected chi connectivity index (χ1v) is 3.66. The Morgan fingerprint density at radius 2 is 2.25 bits per heavy atom. The number of aryl methyl sites for hydroxylation is 1. The Kier molecular flexibility index (Phi) is 1.38. The minimum Gasteiger partial charge on any atom is -0.466 e. The molecule has 0 aliphatic rings. The molecular weight excluding hydrogens is 150 g/mol. The van der Waals surface area contributed by atoms with Crippen molar-refractivity contribution in [3.05, 3.63) is 41.4 Å². The number of nitrogens with zero attached hydrogens (tertiary/aromatic N) is 1. The molecular formula is C10H7NO. The van der Waals surface area contributed by atoms with E-state index in [9.17, 15) is 0 Å². The standard InChI is InChI=1S/C10H7NO/c1-7-5-9(11-2)8-3-4-12-10(8)6-7/h3-6H,1H3. The van der Waals surface area contributed by atoms with E-state index >= 15 is 0 Å². The van der Waals surface area contributed by atoms with Crippen LogP contribution >= 0.6 is 0 Å². The summed E-state index contributed by atoms with van der Waals surface area (Å²) in [6, 6.07) is 5.62. The Bertz CT molecular complexity index is 462. The van der Waals surface area contributed by atoms with Crippen LogP contribution in [0.2, 0.25) is 0 Å². The van der Waals surface area contributed by atoms with Gasteiger partial charge in [0.05, 0.1) is 12.8 Å². The van der Waals surface area contributed by atoms with E-state index in [1.807, 2.05) is 25.1 Å². The average Bonchev–Trinajstić information content (AvgIpc) is 2.50. The van der Waals surface area contributed by atoms with Gasteiger partial charge in [-0.3, -0.25) is 0 Å². The molecule has 0 saturated carbocycles. The van der Waals surface area contributed by atoms with Gasteiger partial charge in [-0.05, 0) is 19.1 Å². The van der Waals surface area contributed by atoms with Crippen LogP contribution in [0.15, 0.2) is 28.9 Å². The SMILES string of the molecule is [C-]#[N+]c1cc(C)cc2occc12. The molecule has 0 amide bonds. The van der Waals surface area contributed by atoms with Crippen LogP contribution in [-0.4, -0.2) is 0 Å². The highest BCUT2D eigenvalue weighted by Crippen LogP contribution is 2.28. The normalized spacial score (nSPS) is 10.0. The Morgan fingerprint density at radius 3 is 3.00 bits per heavy atom. The van der Waals surface area contributed by atoms with Crippen LogP contribution in [0, 0.1) is 13.5 Å². The van der Waals surface area contributed by atoms with Gasteiger partial charge in [-0.1, -0.05) is 11.6 Å². The lowest BCUT2D eigenvalue weighted by Gasteiger charge is -1.94. The quantitative estimate of drug-likeness (QED) is 0.536. The highest BCUT2D eigenvalue weighted by Gasteiger charge is 2.03. The van der Waals surface area contributed by atoms with Gasteiger partial charge in [-0.15, -0.1) is 0 Å². The van der Waals surface area contributed by atoms with Gasteiger partial charge in [0, 0.05) is 5.39 Å². The zero-order valence-corrected chi connectivity index (χ0v) is 6.66. The summed E-state index contributed by atoms with van der Waals surface area (Å²) in [5.74, 6) is 0. The van der Waals surface area contributed by atoms with E-state index in [1.54, 1.807) is 6.26 Å². The number of benzene rings is 1. The van der Waals surface area contributed by atoms with Crippen molar-refractivity contribution in [3.63, 3.8) is 0 Å². The van der Waals surface area contributed by atoms with Gasteiger partial charge >= 0.3 is 0 Å². The van der Waals surface area contributed by atoms with Crippen molar-refractivity contribution in [2.45, 2.75) is 6.92 Å². The second-order valence-electron chi connectivity index (χ2n) is 2.73. The maximum Gasteiger partial charge on any atom is 0.198 e. The minimum atomic E-state index is 0.666. The molecule has 2 aromatic rings. The molecule has 0 N–H and O–H groups in total. The fourth-order valence-corrected chi connectivity index (χ4v) is 1.28. The fraction of sp³-hybridized carbons (Fsp3) is 0.100. The van der Waals surface area contributed by atoms with E-state index < -0.39 is 0 Å². The number of furan rings is 1. The van der Waals surface area contributed by atoms with E-state index in [2.05, 4.69) is 4.85 Å². The molecule has 0 radical (unpaired) electrons. The summed E-state index contributed by atoms with van der Waals surface area (Å²) in [4.78, 5) is 3.42. The first-order chi connectivity index (χ1) is 5.81. The van der Waals surface area contributed by atoms with Crippen molar-refractivity contribution in [1.82, 2.24) is 0 Å². The molecule has 0 spiro atoms. The monoisotopic (exact) mass is 157 g/mol. The van der Waals surface area contributed by atoms with Gasteiger partial charge in [0.1, 0.15) is 5.58 Å². The second-order valence-corrected chi connectivity index (χ2v) is 2.73. The van der Waals surface area contributed by atoms with E-state index in [4.69, 9.17) is 11.0 Å². The predicted molar refractivity (Wildman–Crippen MR) is 47.2 cm³/mol. The highest BCUT2D eigenvalue weighted by atomic mass is 16.3. The van der Waals surface area contributed by atoms with E-state index in [0.717, 1.165) is 16.5 Å². The second kappa shape index (κ2) is 2.38. The van der Waals surface area contributed by atoms with Crippen LogP contribution in [-0.2, 0) is 0 Å². The molecule has 2 nitrogen and oxygen atoms in total. The van der Waals surface area contributed by atoms with Gasteiger partial charge < -0.3 is 4.42 Å². The largest absolute Gasteiger partial charge is 0.466 e. The fourth-order valence-electron chi connectivity index (χ4n) is 1.28. The van der Waals surface area contributed by atoms with E-state index in [0.29, 0.717) is 5.69 Å². The van der Waals surface area contributed by atoms with Crippen LogP contribution in [0.25, 0.3) is 15.8 Å². The molecule has 0 saturated heterocycles. The van der Waals surface area contributed by atoms with Gasteiger partial charge in [0.15, 0.2) is 5.69 Å². The Balaban J connectivity index is 2.91. The van der Waals surface area contributed by atoms with Crippen molar-refractivity contribution >= 4 is 16.7 Å². The topological polar surface area (TPSA) is 17.5 Å². The maximum absolute atomic E-state index is 6.94. The molecule has 12 heavy (non-hydrogen) atoms. The molecule has 0 bridgehead atoms. The zero-order chi connectivity index (χ0) is 8.55. The molecule has 1 aromatic heterocycles. The highest BCUT2D eigenvalue weighted by molar-refractivity contribution is 5.91. The van der Waals surface area contributed by atoms with Crippen molar-refractivity contribution in [3.8, 4) is 0 Å². The lowest BCUT2D eigenvalue weighted by atomic mass is 10.1. The molecule has 2 rings (SSSR count). The molecule has 0 atom stereocenters. The third kappa shape index (κ3) is 0.876. The van der Waals surface area contributed by atoms with Crippen molar-refractivity contribution in [1.29, 1.82) is 0 Å². The van der Waals surface area contributed by atoms with Crippen molar-refractivity contribution in [2.24, 2.45) is 0 Å². The Morgan fingerprint density at radius 1 is 1.42 bits per heavy atom. The molecule has 0 aliphatic carbocycles. The number of hydrogen-bond donors (Lipinski definition) is 0. The van der Waals surface area contributed by atoms with Crippen LogP contribution in [0.4, 0.5) is 5.69 Å². The summed E-state index contributed by atoms with van der Waals surface area (Å²) < 4.78 is 5.20. The zero-order valence-electron chi connectivity index (χ0n) is 6.66. The first kappa shape index (κ1) is 6.93. The molecule has 0 fully saturated rings. The summed E-state index contributed by atoms with van der Waals surface area (Å²) in [6.07, 6.45) is 1.61. The summed E-state index contributed by atoms with van der Waals surface area (Å²) in [5, 5.41) is 0.899. The maximum atomic E-state index is 6.94. The Hall–Kier alpha value is -1.75. The van der Waals surface area contributed by atoms with Crippen LogP contribution in [0.3, 0.4) is 0 Å². The van der Waals surface area contributed by atoms with Crippen molar-refractivity contribution < 1.29 is 4.42 Å². The average molecular weight is 157 g/mol. The first-order valence-electron chi connectivity index (χ1n) is 3.66. The molecule has 0 unspecified atom stereocenters. The lowest BCUT2D eigenvalue weighted by molar-refractivity contribution is 0.615. The summed E-state index contributed by atoms with van der Waals surface area (Å²) in [6.45, 7) is 8.90. The third-order valence-corrected chi connectivity index (χ3v) is 1.81. The number of hydrogen-bond acceptors (Lipinski definition) is 1. The summed E-state index contributed by atoms with van der Waals surface area (Å²) in [5.41, 5.74) is 2.52. The smallest absolute Gasteiger partial charge is 0.198 e. The molecule has 1 heterocycles. The number of fused-ring (bicyclic) bond motifs is 1. The summed E-state index contributed by atoms with van der Waals surface area (Å²) >= 11 is 0. The summed E-state index contributed by atoms with van der Waals surface area (Å²) in [7, 11) is 0. The Labute approximate surface area is 70.2 Å². The van der Waals surface area contributed by atoms with Gasteiger partial charge in [-0.25, -0.2) is 4.85 Å². The van der Waals surface area contributed by atoms with E-state index in [-0.39, 0.29) is 0 Å². The molecule has 0 aliphatic heterocycles. The molecule has 58 valence electrons. The third-order valence-electron chi connectivity index (χ3n) is 1.81.